The number of pyridine rings is 1. The summed E-state index contributed by atoms with van der Waals surface area (Å²) in [7, 11) is 0. The molecular formula is C27H33N7O4S. The fourth-order valence-electron chi connectivity index (χ4n) is 3.67. The van der Waals surface area contributed by atoms with E-state index in [1.807, 2.05) is 43.6 Å². The zero-order chi connectivity index (χ0) is 28.2. The van der Waals surface area contributed by atoms with Gasteiger partial charge in [-0.2, -0.15) is 0 Å². The summed E-state index contributed by atoms with van der Waals surface area (Å²) in [5.74, 6) is 0.886. The van der Waals surface area contributed by atoms with Crippen molar-refractivity contribution >= 4 is 50.7 Å². The maximum absolute atomic E-state index is 12.8. The lowest BCUT2D eigenvalue weighted by atomic mass is 10.2. The van der Waals surface area contributed by atoms with Crippen molar-refractivity contribution in [2.24, 2.45) is 0 Å². The van der Waals surface area contributed by atoms with Gasteiger partial charge < -0.3 is 30.4 Å². The van der Waals surface area contributed by atoms with Crippen LogP contribution in [0.2, 0.25) is 0 Å². The van der Waals surface area contributed by atoms with Gasteiger partial charge in [-0.1, -0.05) is 0 Å². The number of nitrogens with zero attached hydrogens (tertiary/aromatic N) is 3. The smallest absolute Gasteiger partial charge is 0.407 e. The number of thiazole rings is 1. The van der Waals surface area contributed by atoms with Gasteiger partial charge in [-0.05, 0) is 59.7 Å². The highest BCUT2D eigenvalue weighted by atomic mass is 32.1. The lowest BCUT2D eigenvalue weighted by Gasteiger charge is -2.19. The summed E-state index contributed by atoms with van der Waals surface area (Å²) >= 11 is 1.58. The molecule has 4 N–H and O–H groups in total. The van der Waals surface area contributed by atoms with Crippen molar-refractivity contribution in [1.29, 1.82) is 0 Å². The van der Waals surface area contributed by atoms with Crippen LogP contribution < -0.4 is 21.3 Å². The summed E-state index contributed by atoms with van der Waals surface area (Å²) in [5, 5.41) is 12.1. The number of nitrogens with one attached hydrogen (secondary N) is 4. The van der Waals surface area contributed by atoms with Gasteiger partial charge in [0, 0.05) is 37.1 Å². The first-order chi connectivity index (χ1) is 18.5. The average Bonchev–Trinajstić information content (AvgIpc) is 3.46. The Balaban J connectivity index is 1.46. The molecule has 11 nitrogen and oxygen atoms in total. The van der Waals surface area contributed by atoms with Gasteiger partial charge in [0.25, 0.3) is 5.91 Å². The number of hydrogen-bond donors (Lipinski definition) is 4. The molecule has 12 heteroatoms. The fourth-order valence-corrected chi connectivity index (χ4v) is 4.38. The lowest BCUT2D eigenvalue weighted by molar-refractivity contribution is 0.0526. The van der Waals surface area contributed by atoms with Gasteiger partial charge in [0.15, 0.2) is 5.69 Å². The molecule has 3 heterocycles. The van der Waals surface area contributed by atoms with E-state index in [1.54, 1.807) is 45.2 Å². The topological polar surface area (TPSA) is 143 Å². The Morgan fingerprint density at radius 3 is 2.62 bits per heavy atom. The van der Waals surface area contributed by atoms with Crippen LogP contribution in [-0.2, 0) is 4.74 Å². The summed E-state index contributed by atoms with van der Waals surface area (Å²) in [6.45, 7) is 11.5. The Bertz CT molecular complexity index is 1470. The maximum atomic E-state index is 12.8. The van der Waals surface area contributed by atoms with E-state index in [2.05, 4.69) is 36.2 Å². The van der Waals surface area contributed by atoms with Crippen LogP contribution in [-0.4, -0.2) is 51.7 Å². The molecule has 3 aromatic heterocycles. The Labute approximate surface area is 230 Å². The molecule has 206 valence electrons. The number of ether oxygens (including phenoxy) is 1. The van der Waals surface area contributed by atoms with Gasteiger partial charge in [0.2, 0.25) is 5.89 Å². The highest BCUT2D eigenvalue weighted by molar-refractivity contribution is 7.16. The second-order valence-electron chi connectivity index (χ2n) is 10.2. The molecule has 0 aliphatic rings. The Morgan fingerprint density at radius 1 is 1.10 bits per heavy atom. The van der Waals surface area contributed by atoms with E-state index in [1.165, 1.54) is 0 Å². The van der Waals surface area contributed by atoms with Crippen LogP contribution in [0, 0.1) is 6.92 Å². The monoisotopic (exact) mass is 551 g/mol. The molecule has 0 unspecified atom stereocenters. The van der Waals surface area contributed by atoms with Crippen molar-refractivity contribution in [1.82, 2.24) is 25.6 Å². The third-order valence-corrected chi connectivity index (χ3v) is 6.06. The second kappa shape index (κ2) is 11.7. The number of rotatable bonds is 9. The first kappa shape index (κ1) is 27.8. The fraction of sp³-hybridized carbons (Fsp3) is 0.370. The number of aryl methyl sites for hydroxylation is 1. The minimum absolute atomic E-state index is 0.129. The molecule has 0 bridgehead atoms. The Morgan fingerprint density at radius 2 is 1.87 bits per heavy atom. The molecule has 0 saturated carbocycles. The Hall–Kier alpha value is -4.19. The molecule has 0 aliphatic carbocycles. The number of hydrogen-bond acceptors (Lipinski definition) is 10. The summed E-state index contributed by atoms with van der Waals surface area (Å²) in [6.07, 6.45) is 1.12. The summed E-state index contributed by atoms with van der Waals surface area (Å²) in [4.78, 5) is 37.9. The van der Waals surface area contributed by atoms with Gasteiger partial charge in [-0.15, -0.1) is 11.3 Å². The molecule has 0 atom stereocenters. The molecule has 0 saturated heterocycles. The van der Waals surface area contributed by atoms with E-state index in [4.69, 9.17) is 9.15 Å². The minimum Gasteiger partial charge on any atom is -0.444 e. The van der Waals surface area contributed by atoms with Crippen LogP contribution >= 0.6 is 11.3 Å². The highest BCUT2D eigenvalue weighted by Gasteiger charge is 2.21. The predicted octanol–water partition coefficient (Wildman–Crippen LogP) is 5.47. The van der Waals surface area contributed by atoms with E-state index < -0.39 is 17.6 Å². The van der Waals surface area contributed by atoms with Crippen LogP contribution in [0.4, 0.5) is 22.0 Å². The van der Waals surface area contributed by atoms with E-state index in [0.717, 1.165) is 21.6 Å². The molecule has 0 radical (unpaired) electrons. The SMILES string of the molecule is Cc1oc(-c2cnc(Nc3ccc4ncsc4c3)cc2NC(C)C)nc1C(=O)NCCNC(=O)OC(C)(C)C. The zero-order valence-corrected chi connectivity index (χ0v) is 23.7. The molecule has 0 spiro atoms. The number of amides is 2. The first-order valence-electron chi connectivity index (χ1n) is 12.6. The van der Waals surface area contributed by atoms with Gasteiger partial charge in [-0.3, -0.25) is 4.79 Å². The van der Waals surface area contributed by atoms with Crippen molar-refractivity contribution in [2.45, 2.75) is 53.2 Å². The summed E-state index contributed by atoms with van der Waals surface area (Å²) in [5.41, 5.74) is 4.63. The molecule has 2 amide bonds. The van der Waals surface area contributed by atoms with Crippen LogP contribution in [0.15, 0.2) is 40.4 Å². The summed E-state index contributed by atoms with van der Waals surface area (Å²) < 4.78 is 12.1. The highest BCUT2D eigenvalue weighted by Crippen LogP contribution is 2.32. The number of carbonyl (C=O) groups is 2. The van der Waals surface area contributed by atoms with Gasteiger partial charge in [0.1, 0.15) is 17.2 Å². The van der Waals surface area contributed by atoms with Crippen molar-refractivity contribution in [3.8, 4) is 11.5 Å². The largest absolute Gasteiger partial charge is 0.444 e. The zero-order valence-electron chi connectivity index (χ0n) is 22.8. The number of carbonyl (C=O) groups excluding carboxylic acids is 2. The molecule has 0 aliphatic heterocycles. The number of alkyl carbamates (subject to hydrolysis) is 1. The standard InChI is InChI=1S/C27H33N7O4S/c1-15(2)32-20-12-22(33-17-7-8-19-21(11-17)39-14-31-19)30-13-18(20)25-34-23(16(3)37-25)24(35)28-9-10-29-26(36)38-27(4,5)6/h7-8,11-15H,9-10H2,1-6H3,(H,28,35)(H,29,36)(H2,30,32,33). The van der Waals surface area contributed by atoms with Crippen molar-refractivity contribution < 1.29 is 18.7 Å². The van der Waals surface area contributed by atoms with Gasteiger partial charge >= 0.3 is 6.09 Å². The van der Waals surface area contributed by atoms with Crippen molar-refractivity contribution in [3.05, 3.63) is 47.4 Å². The van der Waals surface area contributed by atoms with Crippen LogP contribution in [0.25, 0.3) is 21.7 Å². The number of fused-ring (bicyclic) bond motifs is 1. The van der Waals surface area contributed by atoms with Gasteiger partial charge in [0.05, 0.1) is 27.0 Å². The first-order valence-corrected chi connectivity index (χ1v) is 13.5. The van der Waals surface area contributed by atoms with E-state index in [0.29, 0.717) is 17.1 Å². The van der Waals surface area contributed by atoms with Crippen LogP contribution in [0.3, 0.4) is 0 Å². The van der Waals surface area contributed by atoms with Gasteiger partial charge in [-0.25, -0.2) is 19.7 Å². The quantitative estimate of drug-likeness (QED) is 0.199. The Kier molecular flexibility index (Phi) is 8.34. The third kappa shape index (κ3) is 7.44. The minimum atomic E-state index is -0.593. The third-order valence-electron chi connectivity index (χ3n) is 5.27. The van der Waals surface area contributed by atoms with Crippen molar-refractivity contribution in [3.63, 3.8) is 0 Å². The van der Waals surface area contributed by atoms with E-state index in [-0.39, 0.29) is 30.7 Å². The number of aromatic nitrogens is 3. The lowest BCUT2D eigenvalue weighted by Crippen LogP contribution is -2.38. The molecule has 4 rings (SSSR count). The van der Waals surface area contributed by atoms with Crippen LogP contribution in [0.5, 0.6) is 0 Å². The molecular weight excluding hydrogens is 518 g/mol. The number of oxazole rings is 1. The summed E-state index contributed by atoms with van der Waals surface area (Å²) in [6, 6.07) is 7.96. The average molecular weight is 552 g/mol. The molecule has 0 fully saturated rings. The van der Waals surface area contributed by atoms with Crippen molar-refractivity contribution in [2.75, 3.05) is 23.7 Å². The number of benzene rings is 1. The molecule has 39 heavy (non-hydrogen) atoms. The van der Waals surface area contributed by atoms with E-state index >= 15 is 0 Å². The second-order valence-corrected chi connectivity index (χ2v) is 11.1. The molecule has 1 aromatic carbocycles. The maximum Gasteiger partial charge on any atom is 0.407 e. The van der Waals surface area contributed by atoms with Crippen LogP contribution in [0.1, 0.15) is 50.9 Å². The predicted molar refractivity (Wildman–Crippen MR) is 153 cm³/mol. The number of anilines is 3. The van der Waals surface area contributed by atoms with E-state index in [9.17, 15) is 9.59 Å². The normalized spacial score (nSPS) is 11.5. The molecule has 4 aromatic rings.